The molecule has 1 fully saturated rings. The van der Waals surface area contributed by atoms with E-state index in [0.29, 0.717) is 5.56 Å². The van der Waals surface area contributed by atoms with Gasteiger partial charge in [0.15, 0.2) is 0 Å². The Labute approximate surface area is 166 Å². The number of aromatic hydroxyl groups is 1. The van der Waals surface area contributed by atoms with Gasteiger partial charge in [-0.2, -0.15) is 0 Å². The molecule has 9 nitrogen and oxygen atoms in total. The summed E-state index contributed by atoms with van der Waals surface area (Å²) in [5.74, 6) is -0.749. The van der Waals surface area contributed by atoms with Crippen molar-refractivity contribution in [2.24, 2.45) is 0 Å². The molecule has 3 rings (SSSR count). The van der Waals surface area contributed by atoms with Gasteiger partial charge in [-0.1, -0.05) is 18.2 Å². The van der Waals surface area contributed by atoms with Crippen LogP contribution in [0.4, 0.5) is 0 Å². The van der Waals surface area contributed by atoms with Crippen molar-refractivity contribution in [3.8, 4) is 11.5 Å². The van der Waals surface area contributed by atoms with Crippen LogP contribution in [0.15, 0.2) is 48.5 Å². The smallest absolute Gasteiger partial charge is 0.338 e. The molecule has 1 heterocycles. The van der Waals surface area contributed by atoms with E-state index in [1.807, 2.05) is 0 Å². The van der Waals surface area contributed by atoms with Gasteiger partial charge in [0.1, 0.15) is 42.5 Å². The minimum absolute atomic E-state index is 0.104. The van der Waals surface area contributed by atoms with Crippen molar-refractivity contribution in [1.82, 2.24) is 0 Å². The molecule has 0 aliphatic carbocycles. The number of aliphatic hydroxyl groups excluding tert-OH is 4. The fourth-order valence-electron chi connectivity index (χ4n) is 2.85. The number of carbonyl (C=O) groups excluding carboxylic acids is 1. The lowest BCUT2D eigenvalue weighted by Crippen LogP contribution is -2.60. The highest BCUT2D eigenvalue weighted by molar-refractivity contribution is 5.89. The molecule has 1 aliphatic rings. The van der Waals surface area contributed by atoms with Gasteiger partial charge in [0.05, 0.1) is 12.2 Å². The van der Waals surface area contributed by atoms with Crippen LogP contribution in [0, 0.1) is 0 Å². The zero-order chi connectivity index (χ0) is 21.0. The number of ether oxygens (including phenoxy) is 3. The Morgan fingerprint density at radius 3 is 2.38 bits per heavy atom. The second kappa shape index (κ2) is 9.21. The molecule has 0 bridgehead atoms. The summed E-state index contributed by atoms with van der Waals surface area (Å²) in [5, 5.41) is 49.3. The number of aliphatic hydroxyl groups is 4. The highest BCUT2D eigenvalue weighted by atomic mass is 16.7. The van der Waals surface area contributed by atoms with E-state index in [9.17, 15) is 25.2 Å². The van der Waals surface area contributed by atoms with Gasteiger partial charge in [-0.3, -0.25) is 0 Å². The summed E-state index contributed by atoms with van der Waals surface area (Å²) in [7, 11) is 0. The molecule has 1 aliphatic heterocycles. The second-order valence-corrected chi connectivity index (χ2v) is 6.55. The molecule has 0 spiro atoms. The van der Waals surface area contributed by atoms with Crippen LogP contribution in [0.5, 0.6) is 11.5 Å². The van der Waals surface area contributed by atoms with Crippen molar-refractivity contribution in [3.63, 3.8) is 0 Å². The van der Waals surface area contributed by atoms with Crippen LogP contribution in [0.2, 0.25) is 0 Å². The highest BCUT2D eigenvalue weighted by Gasteiger charge is 2.45. The maximum atomic E-state index is 12.1. The van der Waals surface area contributed by atoms with Crippen molar-refractivity contribution in [2.75, 3.05) is 6.61 Å². The third kappa shape index (κ3) is 4.84. The van der Waals surface area contributed by atoms with Gasteiger partial charge in [0, 0.05) is 11.6 Å². The Bertz CT molecular complexity index is 826. The van der Waals surface area contributed by atoms with E-state index in [0.717, 1.165) is 0 Å². The molecule has 0 saturated carbocycles. The van der Waals surface area contributed by atoms with Crippen LogP contribution < -0.4 is 4.74 Å². The van der Waals surface area contributed by atoms with Crippen LogP contribution in [0.25, 0.3) is 0 Å². The van der Waals surface area contributed by atoms with Gasteiger partial charge in [-0.05, 0) is 24.3 Å². The molecule has 5 atom stereocenters. The van der Waals surface area contributed by atoms with E-state index in [-0.39, 0.29) is 30.3 Å². The summed E-state index contributed by atoms with van der Waals surface area (Å²) in [6.07, 6.45) is -7.27. The predicted molar refractivity (Wildman–Crippen MR) is 98.1 cm³/mol. The number of phenols is 1. The van der Waals surface area contributed by atoms with Crippen molar-refractivity contribution >= 4 is 5.97 Å². The fraction of sp³-hybridized carbons (Fsp3) is 0.350. The van der Waals surface area contributed by atoms with E-state index < -0.39 is 36.7 Å². The minimum atomic E-state index is -1.61. The monoisotopic (exact) mass is 406 g/mol. The first-order chi connectivity index (χ1) is 13.9. The zero-order valence-electron chi connectivity index (χ0n) is 15.3. The lowest BCUT2D eigenvalue weighted by Gasteiger charge is -2.39. The second-order valence-electron chi connectivity index (χ2n) is 6.55. The maximum absolute atomic E-state index is 12.1. The largest absolute Gasteiger partial charge is 0.507 e. The normalized spacial score (nSPS) is 26.7. The predicted octanol–water partition coefficient (Wildman–Crippen LogP) is -0.0721. The van der Waals surface area contributed by atoms with Crippen LogP contribution >= 0.6 is 0 Å². The number of carbonyl (C=O) groups is 1. The Balaban J connectivity index is 1.66. The highest BCUT2D eigenvalue weighted by Crippen LogP contribution is 2.28. The molecule has 0 unspecified atom stereocenters. The average Bonchev–Trinajstić information content (AvgIpc) is 2.73. The first kappa shape index (κ1) is 21.0. The maximum Gasteiger partial charge on any atom is 0.338 e. The Morgan fingerprint density at radius 1 is 1.00 bits per heavy atom. The van der Waals surface area contributed by atoms with Gasteiger partial charge < -0.3 is 39.7 Å². The molecule has 0 radical (unpaired) electrons. The SMILES string of the molecule is O=C(OC[C@H]1O[C@@H](Oc2ccc(CO)c(O)c2)[C@H](O)[C@@H](O)[C@@H]1O)c1ccccc1. The van der Waals surface area contributed by atoms with Crippen LogP contribution in [-0.2, 0) is 16.1 Å². The average molecular weight is 406 g/mol. The van der Waals surface area contributed by atoms with Crippen LogP contribution in [-0.4, -0.2) is 68.8 Å². The van der Waals surface area contributed by atoms with E-state index in [4.69, 9.17) is 19.3 Å². The van der Waals surface area contributed by atoms with Gasteiger partial charge >= 0.3 is 5.97 Å². The Morgan fingerprint density at radius 2 is 1.72 bits per heavy atom. The van der Waals surface area contributed by atoms with E-state index >= 15 is 0 Å². The quantitative estimate of drug-likeness (QED) is 0.416. The van der Waals surface area contributed by atoms with Crippen molar-refractivity contribution in [1.29, 1.82) is 0 Å². The third-order valence-corrected chi connectivity index (χ3v) is 4.54. The molecule has 1 saturated heterocycles. The molecule has 5 N–H and O–H groups in total. The van der Waals surface area contributed by atoms with Gasteiger partial charge in [0.2, 0.25) is 6.29 Å². The molecule has 29 heavy (non-hydrogen) atoms. The summed E-state index contributed by atoms with van der Waals surface area (Å²) in [5.41, 5.74) is 0.592. The minimum Gasteiger partial charge on any atom is -0.507 e. The van der Waals surface area contributed by atoms with Gasteiger partial charge in [0.25, 0.3) is 0 Å². The molecule has 156 valence electrons. The number of esters is 1. The lowest BCUT2D eigenvalue weighted by atomic mass is 9.99. The molecular formula is C20H22O9. The number of rotatable bonds is 6. The number of benzene rings is 2. The third-order valence-electron chi connectivity index (χ3n) is 4.54. The summed E-state index contributed by atoms with van der Waals surface area (Å²) < 4.78 is 16.1. The van der Waals surface area contributed by atoms with E-state index in [1.54, 1.807) is 30.3 Å². The first-order valence-corrected chi connectivity index (χ1v) is 8.92. The molecule has 9 heteroatoms. The molecular weight excluding hydrogens is 384 g/mol. The summed E-state index contributed by atoms with van der Waals surface area (Å²) in [6, 6.07) is 12.3. The van der Waals surface area contributed by atoms with E-state index in [1.165, 1.54) is 18.2 Å². The van der Waals surface area contributed by atoms with Gasteiger partial charge in [-0.15, -0.1) is 0 Å². The number of hydrogen-bond donors (Lipinski definition) is 5. The Kier molecular flexibility index (Phi) is 6.68. The standard InChI is InChI=1S/C20H22O9/c21-9-12-6-7-13(8-14(12)22)28-20-18(25)17(24)16(23)15(29-20)10-27-19(26)11-4-2-1-3-5-11/h1-8,15-18,20-25H,9-10H2/t15-,16-,17+,18-,20-/m1/s1. The van der Waals surface area contributed by atoms with Crippen LogP contribution in [0.3, 0.4) is 0 Å². The topological polar surface area (TPSA) is 146 Å². The molecule has 0 amide bonds. The first-order valence-electron chi connectivity index (χ1n) is 8.92. The van der Waals surface area contributed by atoms with Crippen molar-refractivity contribution < 1.29 is 44.5 Å². The molecule has 0 aromatic heterocycles. The van der Waals surface area contributed by atoms with Crippen molar-refractivity contribution in [3.05, 3.63) is 59.7 Å². The zero-order valence-corrected chi connectivity index (χ0v) is 15.3. The Hall–Kier alpha value is -2.69. The summed E-state index contributed by atoms with van der Waals surface area (Å²) >= 11 is 0. The van der Waals surface area contributed by atoms with Crippen LogP contribution in [0.1, 0.15) is 15.9 Å². The summed E-state index contributed by atoms with van der Waals surface area (Å²) in [6.45, 7) is -0.748. The number of hydrogen-bond acceptors (Lipinski definition) is 9. The lowest BCUT2D eigenvalue weighted by molar-refractivity contribution is -0.277. The molecule has 2 aromatic carbocycles. The molecule has 2 aromatic rings. The summed E-state index contributed by atoms with van der Waals surface area (Å²) in [4.78, 5) is 12.1. The van der Waals surface area contributed by atoms with E-state index in [2.05, 4.69) is 0 Å². The fourth-order valence-corrected chi connectivity index (χ4v) is 2.85. The van der Waals surface area contributed by atoms with Crippen molar-refractivity contribution in [2.45, 2.75) is 37.3 Å². The van der Waals surface area contributed by atoms with Gasteiger partial charge in [-0.25, -0.2) is 4.79 Å².